The lowest BCUT2D eigenvalue weighted by Crippen LogP contribution is -2.35. The summed E-state index contributed by atoms with van der Waals surface area (Å²) >= 11 is 5.42. The Morgan fingerprint density at radius 2 is 1.74 bits per heavy atom. The Balaban J connectivity index is 1.29. The average molecular weight is 437 g/mol. The van der Waals surface area contributed by atoms with Crippen LogP contribution in [0.4, 0.5) is 11.4 Å². The Labute approximate surface area is 188 Å². The zero-order valence-corrected chi connectivity index (χ0v) is 18.4. The molecule has 162 valence electrons. The highest BCUT2D eigenvalue weighted by atomic mass is 32.1. The SMILES string of the molecule is O=C(c1ccc(NC(=S)NCc2cccc(N3CCCC3=O)c2)cc1)N1CCCCC1. The van der Waals surface area contributed by atoms with Crippen LogP contribution in [0.5, 0.6) is 0 Å². The van der Waals surface area contributed by atoms with E-state index in [0.29, 0.717) is 23.6 Å². The third kappa shape index (κ3) is 5.41. The first-order valence-electron chi connectivity index (χ1n) is 10.9. The summed E-state index contributed by atoms with van der Waals surface area (Å²) in [5, 5.41) is 6.88. The number of hydrogen-bond donors (Lipinski definition) is 2. The number of carbonyl (C=O) groups is 2. The van der Waals surface area contributed by atoms with Gasteiger partial charge in [0, 0.05) is 49.5 Å². The number of benzene rings is 2. The topological polar surface area (TPSA) is 64.7 Å². The van der Waals surface area contributed by atoms with E-state index >= 15 is 0 Å². The third-order valence-corrected chi connectivity index (χ3v) is 6.03. The highest BCUT2D eigenvalue weighted by Gasteiger charge is 2.21. The van der Waals surface area contributed by atoms with Crippen molar-refractivity contribution in [1.29, 1.82) is 0 Å². The maximum atomic E-state index is 12.6. The Bertz CT molecular complexity index is 954. The third-order valence-electron chi connectivity index (χ3n) is 5.78. The zero-order chi connectivity index (χ0) is 21.6. The average Bonchev–Trinajstić information content (AvgIpc) is 3.24. The van der Waals surface area contributed by atoms with Gasteiger partial charge < -0.3 is 20.4 Å². The molecule has 4 rings (SSSR count). The number of likely N-dealkylation sites (tertiary alicyclic amines) is 1. The molecule has 0 aliphatic carbocycles. The van der Waals surface area contributed by atoms with Gasteiger partial charge in [-0.15, -0.1) is 0 Å². The number of rotatable bonds is 5. The van der Waals surface area contributed by atoms with Crippen LogP contribution in [-0.4, -0.2) is 41.5 Å². The lowest BCUT2D eigenvalue weighted by atomic mass is 10.1. The van der Waals surface area contributed by atoms with E-state index in [1.165, 1.54) is 6.42 Å². The minimum absolute atomic E-state index is 0.100. The summed E-state index contributed by atoms with van der Waals surface area (Å²) in [6.07, 6.45) is 4.92. The van der Waals surface area contributed by atoms with Crippen LogP contribution in [0.15, 0.2) is 48.5 Å². The van der Waals surface area contributed by atoms with E-state index in [2.05, 4.69) is 10.6 Å². The van der Waals surface area contributed by atoms with Gasteiger partial charge in [0.1, 0.15) is 0 Å². The van der Waals surface area contributed by atoms with Crippen molar-refractivity contribution in [2.75, 3.05) is 29.9 Å². The molecule has 2 amide bonds. The molecule has 0 atom stereocenters. The summed E-state index contributed by atoms with van der Waals surface area (Å²) in [7, 11) is 0. The van der Waals surface area contributed by atoms with Gasteiger partial charge in [-0.1, -0.05) is 12.1 Å². The molecule has 2 aliphatic rings. The summed E-state index contributed by atoms with van der Waals surface area (Å²) in [5.74, 6) is 0.285. The summed E-state index contributed by atoms with van der Waals surface area (Å²) in [4.78, 5) is 28.3. The van der Waals surface area contributed by atoms with Crippen molar-refractivity contribution < 1.29 is 9.59 Å². The number of nitrogens with one attached hydrogen (secondary N) is 2. The molecule has 0 aromatic heterocycles. The highest BCUT2D eigenvalue weighted by Crippen LogP contribution is 2.22. The molecular weight excluding hydrogens is 408 g/mol. The van der Waals surface area contributed by atoms with E-state index in [0.717, 1.165) is 55.8 Å². The van der Waals surface area contributed by atoms with Crippen LogP contribution in [0, 0.1) is 0 Å². The van der Waals surface area contributed by atoms with Crippen LogP contribution in [0.1, 0.15) is 48.0 Å². The lowest BCUT2D eigenvalue weighted by Gasteiger charge is -2.26. The summed E-state index contributed by atoms with van der Waals surface area (Å²) in [6.45, 7) is 3.04. The first kappa shape index (κ1) is 21.3. The Morgan fingerprint density at radius 3 is 2.45 bits per heavy atom. The molecule has 0 unspecified atom stereocenters. The maximum absolute atomic E-state index is 12.6. The molecule has 2 heterocycles. The monoisotopic (exact) mass is 436 g/mol. The van der Waals surface area contributed by atoms with Gasteiger partial charge in [-0.2, -0.15) is 0 Å². The van der Waals surface area contributed by atoms with Crippen molar-refractivity contribution >= 4 is 40.5 Å². The van der Waals surface area contributed by atoms with Gasteiger partial charge in [-0.3, -0.25) is 9.59 Å². The fourth-order valence-electron chi connectivity index (χ4n) is 4.09. The molecule has 2 aromatic carbocycles. The Morgan fingerprint density at radius 1 is 0.968 bits per heavy atom. The predicted molar refractivity (Wildman–Crippen MR) is 127 cm³/mol. The summed E-state index contributed by atoms with van der Waals surface area (Å²) in [5.41, 5.74) is 3.54. The van der Waals surface area contributed by atoms with Crippen molar-refractivity contribution in [3.05, 3.63) is 59.7 Å². The Hall–Kier alpha value is -2.93. The van der Waals surface area contributed by atoms with Crippen molar-refractivity contribution in [1.82, 2.24) is 10.2 Å². The highest BCUT2D eigenvalue weighted by molar-refractivity contribution is 7.80. The van der Waals surface area contributed by atoms with E-state index in [4.69, 9.17) is 12.2 Å². The molecule has 2 aliphatic heterocycles. The van der Waals surface area contributed by atoms with Gasteiger partial charge in [0.25, 0.3) is 5.91 Å². The second kappa shape index (κ2) is 9.92. The van der Waals surface area contributed by atoms with E-state index in [9.17, 15) is 9.59 Å². The fourth-order valence-corrected chi connectivity index (χ4v) is 4.28. The molecule has 6 nitrogen and oxygen atoms in total. The number of nitrogens with zero attached hydrogens (tertiary/aromatic N) is 2. The quantitative estimate of drug-likeness (QED) is 0.696. The van der Waals surface area contributed by atoms with Gasteiger partial charge in [-0.05, 0) is 79.9 Å². The van der Waals surface area contributed by atoms with Crippen LogP contribution in [0.25, 0.3) is 0 Å². The molecule has 2 saturated heterocycles. The minimum Gasteiger partial charge on any atom is -0.358 e. The van der Waals surface area contributed by atoms with E-state index in [1.807, 2.05) is 58.3 Å². The van der Waals surface area contributed by atoms with Crippen molar-refractivity contribution in [3.63, 3.8) is 0 Å². The zero-order valence-electron chi connectivity index (χ0n) is 17.6. The lowest BCUT2D eigenvalue weighted by molar-refractivity contribution is -0.117. The summed E-state index contributed by atoms with van der Waals surface area (Å²) < 4.78 is 0. The standard InChI is InChI=1S/C24H28N4O2S/c29-22-8-5-15-28(22)21-7-4-6-18(16-21)17-25-24(31)26-20-11-9-19(10-12-20)23(30)27-13-2-1-3-14-27/h4,6-7,9-12,16H,1-3,5,8,13-15,17H2,(H2,25,26,31). The molecule has 7 heteroatoms. The number of hydrogen-bond acceptors (Lipinski definition) is 3. The fraction of sp³-hybridized carbons (Fsp3) is 0.375. The number of thiocarbonyl (C=S) groups is 1. The minimum atomic E-state index is 0.100. The second-order valence-corrected chi connectivity index (χ2v) is 8.46. The first-order chi connectivity index (χ1) is 15.1. The van der Waals surface area contributed by atoms with Crippen LogP contribution >= 0.6 is 12.2 Å². The van der Waals surface area contributed by atoms with Crippen LogP contribution in [-0.2, 0) is 11.3 Å². The number of anilines is 2. The molecule has 2 fully saturated rings. The van der Waals surface area contributed by atoms with E-state index in [-0.39, 0.29) is 11.8 Å². The smallest absolute Gasteiger partial charge is 0.253 e. The predicted octanol–water partition coefficient (Wildman–Crippen LogP) is 3.93. The van der Waals surface area contributed by atoms with Gasteiger partial charge in [0.15, 0.2) is 5.11 Å². The molecule has 0 saturated carbocycles. The molecule has 2 aromatic rings. The molecule has 2 N–H and O–H groups in total. The molecule has 0 spiro atoms. The Kier molecular flexibility index (Phi) is 6.82. The normalized spacial score (nSPS) is 16.3. The van der Waals surface area contributed by atoms with Crippen LogP contribution in [0.3, 0.4) is 0 Å². The van der Waals surface area contributed by atoms with Crippen molar-refractivity contribution in [2.24, 2.45) is 0 Å². The van der Waals surface area contributed by atoms with Gasteiger partial charge >= 0.3 is 0 Å². The second-order valence-electron chi connectivity index (χ2n) is 8.06. The molecule has 0 bridgehead atoms. The van der Waals surface area contributed by atoms with Crippen LogP contribution in [0.2, 0.25) is 0 Å². The molecular formula is C24H28N4O2S. The first-order valence-corrected chi connectivity index (χ1v) is 11.3. The van der Waals surface area contributed by atoms with Gasteiger partial charge in [-0.25, -0.2) is 0 Å². The van der Waals surface area contributed by atoms with Gasteiger partial charge in [0.05, 0.1) is 0 Å². The van der Waals surface area contributed by atoms with Crippen LogP contribution < -0.4 is 15.5 Å². The van der Waals surface area contributed by atoms with Crippen molar-refractivity contribution in [2.45, 2.75) is 38.6 Å². The molecule has 0 radical (unpaired) electrons. The number of piperidine rings is 1. The number of amides is 2. The van der Waals surface area contributed by atoms with E-state index < -0.39 is 0 Å². The molecule has 31 heavy (non-hydrogen) atoms. The van der Waals surface area contributed by atoms with Crippen molar-refractivity contribution in [3.8, 4) is 0 Å². The van der Waals surface area contributed by atoms with Gasteiger partial charge in [0.2, 0.25) is 5.91 Å². The maximum Gasteiger partial charge on any atom is 0.253 e. The van der Waals surface area contributed by atoms with E-state index in [1.54, 1.807) is 0 Å². The summed E-state index contributed by atoms with van der Waals surface area (Å²) in [6, 6.07) is 15.4. The largest absolute Gasteiger partial charge is 0.358 e. The number of carbonyl (C=O) groups excluding carboxylic acids is 2.